The van der Waals surface area contributed by atoms with Crippen molar-refractivity contribution in [1.82, 2.24) is 0 Å². The molecule has 4 heteroatoms. The number of hydrogen-bond donors (Lipinski definition) is 1. The summed E-state index contributed by atoms with van der Waals surface area (Å²) in [6, 6.07) is 3.45. The zero-order chi connectivity index (χ0) is 10.0. The molecule has 0 amide bonds. The number of halogens is 2. The molecule has 1 aromatic carbocycles. The van der Waals surface area contributed by atoms with Crippen LogP contribution in [0.1, 0.15) is 18.5 Å². The number of hydrogen-bond acceptors (Lipinski definition) is 2. The summed E-state index contributed by atoms with van der Waals surface area (Å²) in [6.45, 7) is 1.85. The maximum absolute atomic E-state index is 5.98. The first-order chi connectivity index (χ1) is 6.07. The van der Waals surface area contributed by atoms with Gasteiger partial charge >= 0.3 is 0 Å². The van der Waals surface area contributed by atoms with Crippen LogP contribution < -0.4 is 10.5 Å². The lowest BCUT2D eigenvalue weighted by molar-refractivity contribution is 0.415. The van der Waals surface area contributed by atoms with E-state index in [1.165, 1.54) is 0 Å². The Kier molecular flexibility index (Phi) is 3.42. The fourth-order valence-corrected chi connectivity index (χ4v) is 1.63. The molecule has 0 spiro atoms. The lowest BCUT2D eigenvalue weighted by Gasteiger charge is -2.11. The van der Waals surface area contributed by atoms with Crippen LogP contribution in [-0.2, 0) is 0 Å². The number of rotatable bonds is 2. The molecule has 0 saturated carbocycles. The molecule has 2 N–H and O–H groups in total. The van der Waals surface area contributed by atoms with Gasteiger partial charge in [-0.3, -0.25) is 0 Å². The summed E-state index contributed by atoms with van der Waals surface area (Å²) in [7, 11) is 1.54. The van der Waals surface area contributed by atoms with Crippen molar-refractivity contribution in [2.24, 2.45) is 5.73 Å². The van der Waals surface area contributed by atoms with Gasteiger partial charge in [-0.05, 0) is 18.6 Å². The first-order valence-electron chi connectivity index (χ1n) is 3.85. The standard InChI is InChI=1S/C9H11Cl2NO/c1-5(12)6-3-4-7(13-2)9(11)8(6)10/h3-5H,12H2,1-2H3. The highest BCUT2D eigenvalue weighted by atomic mass is 35.5. The predicted molar refractivity (Wildman–Crippen MR) is 55.6 cm³/mol. The van der Waals surface area contributed by atoms with Gasteiger partial charge in [0.2, 0.25) is 0 Å². The molecule has 0 radical (unpaired) electrons. The minimum Gasteiger partial charge on any atom is -0.495 e. The fourth-order valence-electron chi connectivity index (χ4n) is 1.06. The summed E-state index contributed by atoms with van der Waals surface area (Å²) in [6.07, 6.45) is 0. The number of nitrogens with two attached hydrogens (primary N) is 1. The third-order valence-corrected chi connectivity index (χ3v) is 2.67. The summed E-state index contributed by atoms with van der Waals surface area (Å²) >= 11 is 11.9. The van der Waals surface area contributed by atoms with Gasteiger partial charge in [0.05, 0.1) is 12.1 Å². The molecular weight excluding hydrogens is 209 g/mol. The van der Waals surface area contributed by atoms with Gasteiger partial charge < -0.3 is 10.5 Å². The first kappa shape index (κ1) is 10.6. The van der Waals surface area contributed by atoms with Crippen molar-refractivity contribution in [1.29, 1.82) is 0 Å². The molecule has 1 rings (SSSR count). The average Bonchev–Trinajstić information content (AvgIpc) is 2.09. The van der Waals surface area contributed by atoms with Gasteiger partial charge in [0.15, 0.2) is 0 Å². The van der Waals surface area contributed by atoms with Gasteiger partial charge in [-0.15, -0.1) is 0 Å². The van der Waals surface area contributed by atoms with Crippen LogP contribution >= 0.6 is 23.2 Å². The van der Waals surface area contributed by atoms with Crippen molar-refractivity contribution in [2.45, 2.75) is 13.0 Å². The van der Waals surface area contributed by atoms with Gasteiger partial charge in [-0.1, -0.05) is 29.3 Å². The van der Waals surface area contributed by atoms with E-state index in [2.05, 4.69) is 0 Å². The Labute approximate surface area is 87.6 Å². The van der Waals surface area contributed by atoms with E-state index in [1.54, 1.807) is 13.2 Å². The van der Waals surface area contributed by atoms with Gasteiger partial charge in [0.1, 0.15) is 10.8 Å². The van der Waals surface area contributed by atoms with Crippen molar-refractivity contribution in [3.63, 3.8) is 0 Å². The molecule has 13 heavy (non-hydrogen) atoms. The molecule has 0 aliphatic rings. The third-order valence-electron chi connectivity index (χ3n) is 1.79. The van der Waals surface area contributed by atoms with Crippen LogP contribution in [-0.4, -0.2) is 7.11 Å². The van der Waals surface area contributed by atoms with E-state index in [9.17, 15) is 0 Å². The second-order valence-corrected chi connectivity index (χ2v) is 3.53. The average molecular weight is 220 g/mol. The Hall–Kier alpha value is -0.440. The van der Waals surface area contributed by atoms with E-state index in [4.69, 9.17) is 33.7 Å². The summed E-state index contributed by atoms with van der Waals surface area (Å²) in [5.74, 6) is 0.566. The van der Waals surface area contributed by atoms with E-state index >= 15 is 0 Å². The second kappa shape index (κ2) is 4.18. The predicted octanol–water partition coefficient (Wildman–Crippen LogP) is 3.02. The van der Waals surface area contributed by atoms with Crippen LogP contribution in [0.2, 0.25) is 10.0 Å². The Bertz CT molecular complexity index is 313. The molecule has 0 heterocycles. The molecular formula is C9H11Cl2NO. The molecule has 1 atom stereocenters. The lowest BCUT2D eigenvalue weighted by Crippen LogP contribution is -2.05. The SMILES string of the molecule is COc1ccc(C(C)N)c(Cl)c1Cl. The van der Waals surface area contributed by atoms with Gasteiger partial charge in [-0.2, -0.15) is 0 Å². The highest BCUT2D eigenvalue weighted by molar-refractivity contribution is 6.43. The summed E-state index contributed by atoms with van der Waals surface area (Å²) in [5, 5.41) is 0.884. The number of benzene rings is 1. The molecule has 0 saturated heterocycles. The van der Waals surface area contributed by atoms with Gasteiger partial charge in [0, 0.05) is 6.04 Å². The summed E-state index contributed by atoms with van der Waals surface area (Å²) < 4.78 is 5.00. The van der Waals surface area contributed by atoms with Crippen molar-refractivity contribution in [2.75, 3.05) is 7.11 Å². The minimum atomic E-state index is -0.129. The topological polar surface area (TPSA) is 35.2 Å². The van der Waals surface area contributed by atoms with Crippen molar-refractivity contribution >= 4 is 23.2 Å². The Morgan fingerprint density at radius 3 is 2.38 bits per heavy atom. The van der Waals surface area contributed by atoms with E-state index < -0.39 is 0 Å². The number of methoxy groups -OCH3 is 1. The van der Waals surface area contributed by atoms with E-state index in [1.807, 2.05) is 13.0 Å². The molecule has 1 aromatic rings. The summed E-state index contributed by atoms with van der Waals surface area (Å²) in [4.78, 5) is 0. The molecule has 1 unspecified atom stereocenters. The maximum atomic E-state index is 5.98. The lowest BCUT2D eigenvalue weighted by atomic mass is 10.1. The molecule has 0 fully saturated rings. The molecule has 2 nitrogen and oxygen atoms in total. The molecule has 72 valence electrons. The van der Waals surface area contributed by atoms with Crippen molar-refractivity contribution in [3.05, 3.63) is 27.7 Å². The molecule has 0 aliphatic heterocycles. The van der Waals surface area contributed by atoms with E-state index in [-0.39, 0.29) is 6.04 Å². The normalized spacial score (nSPS) is 12.7. The van der Waals surface area contributed by atoms with Crippen LogP contribution in [0, 0.1) is 0 Å². The largest absolute Gasteiger partial charge is 0.495 e. The zero-order valence-electron chi connectivity index (χ0n) is 7.47. The van der Waals surface area contributed by atoms with E-state index in [0.717, 1.165) is 5.56 Å². The highest BCUT2D eigenvalue weighted by Crippen LogP contribution is 2.36. The smallest absolute Gasteiger partial charge is 0.139 e. The zero-order valence-corrected chi connectivity index (χ0v) is 8.99. The Morgan fingerprint density at radius 1 is 1.31 bits per heavy atom. The molecule has 0 bridgehead atoms. The fraction of sp³-hybridized carbons (Fsp3) is 0.333. The summed E-state index contributed by atoms with van der Waals surface area (Å²) in [5.41, 5.74) is 6.52. The molecule has 0 aliphatic carbocycles. The van der Waals surface area contributed by atoms with Crippen LogP contribution in [0.25, 0.3) is 0 Å². The van der Waals surface area contributed by atoms with Gasteiger partial charge in [-0.25, -0.2) is 0 Å². The van der Waals surface area contributed by atoms with Crippen LogP contribution in [0.5, 0.6) is 5.75 Å². The quantitative estimate of drug-likeness (QED) is 0.831. The highest BCUT2D eigenvalue weighted by Gasteiger charge is 2.12. The third kappa shape index (κ3) is 2.08. The van der Waals surface area contributed by atoms with Gasteiger partial charge in [0.25, 0.3) is 0 Å². The van der Waals surface area contributed by atoms with Crippen LogP contribution in [0.15, 0.2) is 12.1 Å². The number of ether oxygens (including phenoxy) is 1. The van der Waals surface area contributed by atoms with E-state index in [0.29, 0.717) is 15.8 Å². The first-order valence-corrected chi connectivity index (χ1v) is 4.61. The Balaban J connectivity index is 3.23. The van der Waals surface area contributed by atoms with Crippen LogP contribution in [0.3, 0.4) is 0 Å². The maximum Gasteiger partial charge on any atom is 0.139 e. The minimum absolute atomic E-state index is 0.129. The monoisotopic (exact) mass is 219 g/mol. The van der Waals surface area contributed by atoms with Crippen LogP contribution in [0.4, 0.5) is 0 Å². The Morgan fingerprint density at radius 2 is 1.92 bits per heavy atom. The molecule has 0 aromatic heterocycles. The second-order valence-electron chi connectivity index (χ2n) is 2.77. The van der Waals surface area contributed by atoms with Crippen molar-refractivity contribution < 1.29 is 4.74 Å². The van der Waals surface area contributed by atoms with Crippen molar-refractivity contribution in [3.8, 4) is 5.75 Å².